The zero-order chi connectivity index (χ0) is 10.2. The molecule has 1 rings (SSSR count). The molecule has 1 saturated heterocycles. The van der Waals surface area contributed by atoms with Crippen LogP contribution in [0.3, 0.4) is 0 Å². The van der Waals surface area contributed by atoms with Crippen molar-refractivity contribution in [2.24, 2.45) is 5.73 Å². The molecule has 0 saturated carbocycles. The topological polar surface area (TPSA) is 29.3 Å². The minimum Gasteiger partial charge on any atom is -0.330 e. The lowest BCUT2D eigenvalue weighted by Gasteiger charge is -2.35. The highest BCUT2D eigenvalue weighted by atomic mass is 15.2. The Morgan fingerprint density at radius 2 is 2.07 bits per heavy atom. The fraction of sp³-hybridized carbons (Fsp3) is 1.00. The third kappa shape index (κ3) is 3.97. The summed E-state index contributed by atoms with van der Waals surface area (Å²) in [5, 5.41) is 0. The molecule has 1 aliphatic rings. The van der Waals surface area contributed by atoms with Crippen LogP contribution < -0.4 is 5.73 Å². The number of nitrogens with two attached hydrogens (primary N) is 1. The van der Waals surface area contributed by atoms with Crippen molar-refractivity contribution < 1.29 is 0 Å². The fourth-order valence-corrected chi connectivity index (χ4v) is 2.45. The van der Waals surface area contributed by atoms with Gasteiger partial charge in [0.1, 0.15) is 0 Å². The molecule has 2 N–H and O–H groups in total. The number of unbranched alkanes of at least 4 members (excludes halogenated alkanes) is 2. The molecule has 1 aliphatic heterocycles. The Hall–Kier alpha value is -0.0800. The zero-order valence-corrected chi connectivity index (χ0v) is 9.67. The van der Waals surface area contributed by atoms with E-state index in [1.807, 2.05) is 0 Å². The average Bonchev–Trinajstić information content (AvgIpc) is 2.25. The van der Waals surface area contributed by atoms with Gasteiger partial charge in [0.05, 0.1) is 0 Å². The highest BCUT2D eigenvalue weighted by molar-refractivity contribution is 4.75. The molecule has 0 amide bonds. The van der Waals surface area contributed by atoms with Crippen LogP contribution in [-0.4, -0.2) is 30.6 Å². The van der Waals surface area contributed by atoms with E-state index in [0.717, 1.165) is 12.6 Å². The largest absolute Gasteiger partial charge is 0.330 e. The lowest BCUT2D eigenvalue weighted by Crippen LogP contribution is -2.39. The standard InChI is InChI=1S/C12H26N2/c1-2-12-8-4-7-11-14(12)10-6-3-5-9-13/h12H,2-11,13H2,1H3. The monoisotopic (exact) mass is 198 g/mol. The molecule has 1 unspecified atom stereocenters. The summed E-state index contributed by atoms with van der Waals surface area (Å²) >= 11 is 0. The molecule has 1 fully saturated rings. The number of rotatable bonds is 6. The molecule has 1 atom stereocenters. The lowest BCUT2D eigenvalue weighted by molar-refractivity contribution is 0.141. The van der Waals surface area contributed by atoms with Gasteiger partial charge in [-0.15, -0.1) is 0 Å². The summed E-state index contributed by atoms with van der Waals surface area (Å²) < 4.78 is 0. The van der Waals surface area contributed by atoms with Crippen molar-refractivity contribution in [3.8, 4) is 0 Å². The van der Waals surface area contributed by atoms with Gasteiger partial charge >= 0.3 is 0 Å². The molecule has 1 heterocycles. The summed E-state index contributed by atoms with van der Waals surface area (Å²) in [5.74, 6) is 0. The predicted molar refractivity (Wildman–Crippen MR) is 62.4 cm³/mol. The van der Waals surface area contributed by atoms with E-state index in [-0.39, 0.29) is 0 Å². The second-order valence-corrected chi connectivity index (χ2v) is 4.44. The van der Waals surface area contributed by atoms with Crippen LogP contribution in [0.5, 0.6) is 0 Å². The molecule has 0 aromatic carbocycles. The Morgan fingerprint density at radius 1 is 1.21 bits per heavy atom. The number of nitrogens with zero attached hydrogens (tertiary/aromatic N) is 1. The van der Waals surface area contributed by atoms with Gasteiger partial charge in [0.25, 0.3) is 0 Å². The first kappa shape index (κ1) is 12.0. The van der Waals surface area contributed by atoms with Gasteiger partial charge in [-0.1, -0.05) is 19.8 Å². The van der Waals surface area contributed by atoms with Crippen LogP contribution in [0, 0.1) is 0 Å². The molecular weight excluding hydrogens is 172 g/mol. The summed E-state index contributed by atoms with van der Waals surface area (Å²) in [5.41, 5.74) is 5.49. The second kappa shape index (κ2) is 7.24. The van der Waals surface area contributed by atoms with Crippen LogP contribution in [-0.2, 0) is 0 Å². The first-order valence-electron chi connectivity index (χ1n) is 6.32. The van der Waals surface area contributed by atoms with E-state index in [4.69, 9.17) is 5.73 Å². The van der Waals surface area contributed by atoms with E-state index in [2.05, 4.69) is 11.8 Å². The zero-order valence-electron chi connectivity index (χ0n) is 9.67. The van der Waals surface area contributed by atoms with E-state index >= 15 is 0 Å². The Balaban J connectivity index is 2.13. The van der Waals surface area contributed by atoms with Crippen LogP contribution >= 0.6 is 0 Å². The van der Waals surface area contributed by atoms with Crippen molar-refractivity contribution in [2.75, 3.05) is 19.6 Å². The Bertz CT molecular complexity index is 136. The maximum absolute atomic E-state index is 5.49. The van der Waals surface area contributed by atoms with E-state index in [1.54, 1.807) is 0 Å². The Morgan fingerprint density at radius 3 is 2.79 bits per heavy atom. The molecule has 0 bridgehead atoms. The molecule has 0 aromatic rings. The molecule has 0 radical (unpaired) electrons. The van der Waals surface area contributed by atoms with Crippen LogP contribution in [0.15, 0.2) is 0 Å². The van der Waals surface area contributed by atoms with Crippen molar-refractivity contribution in [1.29, 1.82) is 0 Å². The van der Waals surface area contributed by atoms with Gasteiger partial charge in [-0.3, -0.25) is 0 Å². The summed E-state index contributed by atoms with van der Waals surface area (Å²) in [6.45, 7) is 5.82. The van der Waals surface area contributed by atoms with Gasteiger partial charge in [-0.2, -0.15) is 0 Å². The summed E-state index contributed by atoms with van der Waals surface area (Å²) in [7, 11) is 0. The number of hydrogen-bond donors (Lipinski definition) is 1. The number of hydrogen-bond acceptors (Lipinski definition) is 2. The van der Waals surface area contributed by atoms with Gasteiger partial charge in [0, 0.05) is 6.04 Å². The average molecular weight is 198 g/mol. The molecule has 2 heteroatoms. The van der Waals surface area contributed by atoms with Gasteiger partial charge in [-0.05, 0) is 51.7 Å². The maximum atomic E-state index is 5.49. The van der Waals surface area contributed by atoms with Gasteiger partial charge in [0.15, 0.2) is 0 Å². The van der Waals surface area contributed by atoms with Gasteiger partial charge in [0.2, 0.25) is 0 Å². The number of piperidine rings is 1. The lowest BCUT2D eigenvalue weighted by atomic mass is 9.99. The molecule has 14 heavy (non-hydrogen) atoms. The first-order chi connectivity index (χ1) is 6.88. The third-order valence-corrected chi connectivity index (χ3v) is 3.37. The quantitative estimate of drug-likeness (QED) is 0.664. The van der Waals surface area contributed by atoms with Crippen LogP contribution in [0.4, 0.5) is 0 Å². The van der Waals surface area contributed by atoms with E-state index in [9.17, 15) is 0 Å². The van der Waals surface area contributed by atoms with E-state index < -0.39 is 0 Å². The molecule has 84 valence electrons. The molecule has 0 aromatic heterocycles. The Kier molecular flexibility index (Phi) is 6.20. The minimum absolute atomic E-state index is 0.858. The van der Waals surface area contributed by atoms with Crippen molar-refractivity contribution in [2.45, 2.75) is 57.9 Å². The smallest absolute Gasteiger partial charge is 0.00926 e. The molecule has 0 spiro atoms. The molecule has 0 aliphatic carbocycles. The van der Waals surface area contributed by atoms with Crippen LogP contribution in [0.1, 0.15) is 51.9 Å². The first-order valence-corrected chi connectivity index (χ1v) is 6.32. The number of likely N-dealkylation sites (tertiary alicyclic amines) is 1. The van der Waals surface area contributed by atoms with Crippen molar-refractivity contribution >= 4 is 0 Å². The minimum atomic E-state index is 0.858. The van der Waals surface area contributed by atoms with Gasteiger partial charge < -0.3 is 10.6 Å². The van der Waals surface area contributed by atoms with Crippen molar-refractivity contribution in [1.82, 2.24) is 4.90 Å². The normalized spacial score (nSPS) is 24.0. The molecular formula is C12H26N2. The van der Waals surface area contributed by atoms with Gasteiger partial charge in [-0.25, -0.2) is 0 Å². The maximum Gasteiger partial charge on any atom is 0.00926 e. The second-order valence-electron chi connectivity index (χ2n) is 4.44. The summed E-state index contributed by atoms with van der Waals surface area (Å²) in [4.78, 5) is 2.69. The third-order valence-electron chi connectivity index (χ3n) is 3.37. The van der Waals surface area contributed by atoms with Crippen molar-refractivity contribution in [3.05, 3.63) is 0 Å². The van der Waals surface area contributed by atoms with E-state index in [1.165, 1.54) is 58.0 Å². The predicted octanol–water partition coefficient (Wildman–Crippen LogP) is 2.38. The van der Waals surface area contributed by atoms with E-state index in [0.29, 0.717) is 0 Å². The summed E-state index contributed by atoms with van der Waals surface area (Å²) in [6, 6.07) is 0.877. The Labute approximate surface area is 88.8 Å². The molecule has 2 nitrogen and oxygen atoms in total. The summed E-state index contributed by atoms with van der Waals surface area (Å²) in [6.07, 6.45) is 9.46. The highest BCUT2D eigenvalue weighted by Crippen LogP contribution is 2.19. The highest BCUT2D eigenvalue weighted by Gasteiger charge is 2.19. The fourth-order valence-electron chi connectivity index (χ4n) is 2.45. The van der Waals surface area contributed by atoms with Crippen LogP contribution in [0.25, 0.3) is 0 Å². The SMILES string of the molecule is CCC1CCCCN1CCCCCN. The van der Waals surface area contributed by atoms with Crippen molar-refractivity contribution in [3.63, 3.8) is 0 Å². The van der Waals surface area contributed by atoms with Crippen LogP contribution in [0.2, 0.25) is 0 Å².